The molecule has 1 heterocycles. The van der Waals surface area contributed by atoms with Crippen LogP contribution in [-0.4, -0.2) is 15.2 Å². The van der Waals surface area contributed by atoms with Crippen LogP contribution in [0.5, 0.6) is 5.75 Å². The highest BCUT2D eigenvalue weighted by Gasteiger charge is 2.51. The lowest BCUT2D eigenvalue weighted by Crippen LogP contribution is -2.73. The fourth-order valence-electron chi connectivity index (χ4n) is 5.66. The average molecular weight is 477 g/mol. The van der Waals surface area contributed by atoms with Crippen molar-refractivity contribution in [3.63, 3.8) is 0 Å². The normalized spacial score (nSPS) is 17.1. The van der Waals surface area contributed by atoms with E-state index in [2.05, 4.69) is 133 Å². The smallest absolute Gasteiger partial charge is 0.185 e. The van der Waals surface area contributed by atoms with Crippen molar-refractivity contribution in [3.05, 3.63) is 102 Å². The summed E-state index contributed by atoms with van der Waals surface area (Å²) in [7, 11) is -0.822. The molecular formula is C33H36OSi. The summed E-state index contributed by atoms with van der Waals surface area (Å²) in [5.74, 6) is 0.993. The molecule has 0 saturated carbocycles. The summed E-state index contributed by atoms with van der Waals surface area (Å²) in [6, 6.07) is 34.2. The van der Waals surface area contributed by atoms with E-state index >= 15 is 0 Å². The van der Waals surface area contributed by atoms with Gasteiger partial charge in [-0.25, -0.2) is 0 Å². The number of rotatable bonds is 3. The first kappa shape index (κ1) is 23.6. The van der Waals surface area contributed by atoms with Gasteiger partial charge in [-0.05, 0) is 54.7 Å². The van der Waals surface area contributed by atoms with Crippen LogP contribution in [0.2, 0.25) is 0 Å². The van der Waals surface area contributed by atoms with Crippen LogP contribution in [0.1, 0.15) is 52.7 Å². The maximum absolute atomic E-state index is 6.12. The molecule has 4 aromatic rings. The predicted octanol–water partition coefficient (Wildman–Crippen LogP) is 5.65. The highest BCUT2D eigenvalue weighted by molar-refractivity contribution is 7.22. The Kier molecular flexibility index (Phi) is 5.56. The summed E-state index contributed by atoms with van der Waals surface area (Å²) in [5, 5.41) is 5.68. The molecule has 35 heavy (non-hydrogen) atoms. The van der Waals surface area contributed by atoms with E-state index in [1.54, 1.807) is 0 Å². The van der Waals surface area contributed by atoms with Gasteiger partial charge in [0.05, 0.1) is 7.11 Å². The van der Waals surface area contributed by atoms with E-state index in [0.29, 0.717) is 0 Å². The zero-order chi connectivity index (χ0) is 25.0. The first-order valence-electron chi connectivity index (χ1n) is 12.6. The molecule has 0 fully saturated rings. The number of methoxy groups -OCH3 is 1. The van der Waals surface area contributed by atoms with Gasteiger partial charge in [0.2, 0.25) is 0 Å². The summed E-state index contributed by atoms with van der Waals surface area (Å²) in [6.07, 6.45) is 0. The lowest BCUT2D eigenvalue weighted by atomic mass is 9.81. The van der Waals surface area contributed by atoms with Gasteiger partial charge in [0, 0.05) is 5.19 Å². The maximum Gasteiger partial charge on any atom is 0.185 e. The Morgan fingerprint density at radius 3 is 1.74 bits per heavy atom. The topological polar surface area (TPSA) is 9.23 Å². The second kappa shape index (κ2) is 8.24. The molecule has 5 rings (SSSR count). The van der Waals surface area contributed by atoms with E-state index in [-0.39, 0.29) is 10.8 Å². The zero-order valence-electron chi connectivity index (χ0n) is 22.1. The van der Waals surface area contributed by atoms with Gasteiger partial charge in [0.1, 0.15) is 5.75 Å². The molecule has 0 spiro atoms. The van der Waals surface area contributed by atoms with Crippen molar-refractivity contribution in [2.24, 2.45) is 0 Å². The Labute approximate surface area is 211 Å². The first-order valence-corrected chi connectivity index (χ1v) is 14.6. The van der Waals surface area contributed by atoms with E-state index in [1.807, 2.05) is 7.11 Å². The van der Waals surface area contributed by atoms with Gasteiger partial charge in [-0.2, -0.15) is 0 Å². The van der Waals surface area contributed by atoms with Crippen molar-refractivity contribution in [2.45, 2.75) is 52.4 Å². The minimum absolute atomic E-state index is 0.0456. The molecule has 0 unspecified atom stereocenters. The van der Waals surface area contributed by atoms with Crippen molar-refractivity contribution in [2.75, 3.05) is 7.11 Å². The van der Waals surface area contributed by atoms with E-state index in [0.717, 1.165) is 5.75 Å². The first-order chi connectivity index (χ1) is 16.6. The largest absolute Gasteiger partial charge is 0.497 e. The third-order valence-corrected chi connectivity index (χ3v) is 12.4. The Morgan fingerprint density at radius 1 is 0.571 bits per heavy atom. The molecule has 0 bridgehead atoms. The summed E-state index contributed by atoms with van der Waals surface area (Å²) in [6.45, 7) is 14.0. The van der Waals surface area contributed by atoms with Gasteiger partial charge in [-0.1, -0.05) is 126 Å². The van der Waals surface area contributed by atoms with Crippen molar-refractivity contribution in [3.8, 4) is 16.9 Å². The molecule has 0 N–H and O–H groups in total. The minimum Gasteiger partial charge on any atom is -0.497 e. The molecule has 0 radical (unpaired) electrons. The van der Waals surface area contributed by atoms with Gasteiger partial charge in [-0.3, -0.25) is 0 Å². The van der Waals surface area contributed by atoms with E-state index in [9.17, 15) is 0 Å². The number of ether oxygens (including phenoxy) is 1. The molecule has 1 nitrogen and oxygen atoms in total. The average Bonchev–Trinajstić information content (AvgIpc) is 3.15. The van der Waals surface area contributed by atoms with Gasteiger partial charge in [0.25, 0.3) is 0 Å². The second-order valence-electron chi connectivity index (χ2n) is 11.8. The van der Waals surface area contributed by atoms with E-state index in [4.69, 9.17) is 4.74 Å². The number of fused-ring (bicyclic) bond motifs is 3. The quantitative estimate of drug-likeness (QED) is 0.306. The van der Waals surface area contributed by atoms with Gasteiger partial charge in [0.15, 0.2) is 8.07 Å². The van der Waals surface area contributed by atoms with Crippen LogP contribution >= 0.6 is 0 Å². The molecule has 1 aliphatic heterocycles. The number of hydrogen-bond donors (Lipinski definition) is 0. The molecule has 0 aromatic heterocycles. The highest BCUT2D eigenvalue weighted by atomic mass is 28.3. The van der Waals surface area contributed by atoms with Gasteiger partial charge in [-0.15, -0.1) is 0 Å². The maximum atomic E-state index is 6.12. The van der Waals surface area contributed by atoms with Crippen molar-refractivity contribution in [1.82, 2.24) is 0 Å². The third-order valence-electron chi connectivity index (χ3n) is 7.55. The summed E-state index contributed by atoms with van der Waals surface area (Å²) in [4.78, 5) is 0. The summed E-state index contributed by atoms with van der Waals surface area (Å²) in [5.41, 5.74) is 5.53. The Bertz CT molecular complexity index is 1360. The molecule has 1 atom stereocenters. The lowest BCUT2D eigenvalue weighted by Gasteiger charge is -2.35. The molecule has 4 aromatic carbocycles. The minimum atomic E-state index is -2.64. The highest BCUT2D eigenvalue weighted by Crippen LogP contribution is 2.34. The predicted molar refractivity (Wildman–Crippen MR) is 153 cm³/mol. The third kappa shape index (κ3) is 3.67. The van der Waals surface area contributed by atoms with Crippen molar-refractivity contribution < 1.29 is 4.74 Å². The van der Waals surface area contributed by atoms with Gasteiger partial charge < -0.3 is 4.74 Å². The monoisotopic (exact) mass is 476 g/mol. The number of benzene rings is 4. The lowest BCUT2D eigenvalue weighted by molar-refractivity contribution is 0.418. The van der Waals surface area contributed by atoms with Crippen LogP contribution in [-0.2, 0) is 10.8 Å². The molecule has 178 valence electrons. The Morgan fingerprint density at radius 2 is 1.14 bits per heavy atom. The van der Waals surface area contributed by atoms with Crippen LogP contribution < -0.4 is 25.5 Å². The molecular weight excluding hydrogens is 440 g/mol. The molecule has 0 amide bonds. The van der Waals surface area contributed by atoms with Crippen LogP contribution in [0.15, 0.2) is 91.0 Å². The second-order valence-corrected chi connectivity index (χ2v) is 15.5. The zero-order valence-corrected chi connectivity index (χ0v) is 23.1. The molecule has 0 saturated heterocycles. The standard InChI is InChI=1S/C33H36OSi/c1-32(2,3)23-20-24(33(4,5)6)22-26(21-23)35(25-14-9-8-10-15-25)30-19-12-11-16-27(30)28-17-13-18-29(34-7)31(28)35/h8-22H,1-7H3/t35-/m1/s1. The van der Waals surface area contributed by atoms with Gasteiger partial charge >= 0.3 is 0 Å². The van der Waals surface area contributed by atoms with E-state index in [1.165, 1.54) is 43.0 Å². The Balaban J connectivity index is 2.01. The number of hydrogen-bond acceptors (Lipinski definition) is 1. The SMILES string of the molecule is COc1cccc2c1[Si@](c1ccccc1)(c1cc(C(C)(C)C)cc(C(C)(C)C)c1)c1ccccc1-2. The van der Waals surface area contributed by atoms with Crippen molar-refractivity contribution >= 4 is 28.8 Å². The fraction of sp³-hybridized carbons (Fsp3) is 0.273. The summed E-state index contributed by atoms with van der Waals surface area (Å²) >= 11 is 0. The molecule has 0 aliphatic carbocycles. The van der Waals surface area contributed by atoms with Crippen LogP contribution in [0.25, 0.3) is 11.1 Å². The molecule has 1 aliphatic rings. The van der Waals surface area contributed by atoms with Crippen LogP contribution in [0, 0.1) is 0 Å². The van der Waals surface area contributed by atoms with Crippen LogP contribution in [0.3, 0.4) is 0 Å². The van der Waals surface area contributed by atoms with Crippen molar-refractivity contribution in [1.29, 1.82) is 0 Å². The van der Waals surface area contributed by atoms with E-state index < -0.39 is 8.07 Å². The fourth-order valence-corrected chi connectivity index (χ4v) is 11.0. The summed E-state index contributed by atoms with van der Waals surface area (Å²) < 4.78 is 6.12. The Hall–Kier alpha value is -3.10. The molecule has 2 heteroatoms. The van der Waals surface area contributed by atoms with Crippen LogP contribution in [0.4, 0.5) is 0 Å².